The number of aromatic hydroxyl groups is 1. The van der Waals surface area contributed by atoms with E-state index in [1.807, 2.05) is 18.2 Å². The number of benzene rings is 1. The lowest BCUT2D eigenvalue weighted by Crippen LogP contribution is -2.56. The molecular formula is C19H25N5O2. The maximum atomic E-state index is 10.1. The highest BCUT2D eigenvalue weighted by Gasteiger charge is 2.39. The van der Waals surface area contributed by atoms with Gasteiger partial charge in [0.05, 0.1) is 23.6 Å². The van der Waals surface area contributed by atoms with E-state index in [0.717, 1.165) is 51.3 Å². The zero-order valence-electron chi connectivity index (χ0n) is 15.1. The number of rotatable bonds is 2. The van der Waals surface area contributed by atoms with Crippen molar-refractivity contribution in [1.82, 2.24) is 15.1 Å². The van der Waals surface area contributed by atoms with Gasteiger partial charge in [-0.05, 0) is 38.1 Å². The fourth-order valence-corrected chi connectivity index (χ4v) is 3.96. The van der Waals surface area contributed by atoms with Crippen LogP contribution in [0.15, 0.2) is 30.3 Å². The lowest BCUT2D eigenvalue weighted by atomic mass is 9.89. The summed E-state index contributed by atoms with van der Waals surface area (Å²) < 4.78 is 6.14. The number of anilines is 2. The largest absolute Gasteiger partial charge is 0.507 e. The van der Waals surface area contributed by atoms with E-state index < -0.39 is 0 Å². The Kier molecular flexibility index (Phi) is 4.42. The monoisotopic (exact) mass is 355 g/mol. The number of phenols is 1. The second-order valence-corrected chi connectivity index (χ2v) is 7.27. The van der Waals surface area contributed by atoms with Crippen LogP contribution in [0.25, 0.3) is 11.3 Å². The van der Waals surface area contributed by atoms with Crippen molar-refractivity contribution in [2.45, 2.75) is 18.4 Å². The van der Waals surface area contributed by atoms with Crippen LogP contribution in [0, 0.1) is 0 Å². The number of morpholine rings is 1. The van der Waals surface area contributed by atoms with Gasteiger partial charge in [-0.25, -0.2) is 0 Å². The first-order valence-electron chi connectivity index (χ1n) is 9.05. The molecular weight excluding hydrogens is 330 g/mol. The van der Waals surface area contributed by atoms with Crippen molar-refractivity contribution in [3.05, 3.63) is 30.3 Å². The predicted molar refractivity (Wildman–Crippen MR) is 101 cm³/mol. The second kappa shape index (κ2) is 6.74. The zero-order chi connectivity index (χ0) is 18.1. The van der Waals surface area contributed by atoms with Gasteiger partial charge in [0.15, 0.2) is 5.82 Å². The quantitative estimate of drug-likeness (QED) is 0.848. The van der Waals surface area contributed by atoms with Crippen molar-refractivity contribution >= 4 is 11.5 Å². The summed E-state index contributed by atoms with van der Waals surface area (Å²) >= 11 is 0. The summed E-state index contributed by atoms with van der Waals surface area (Å²) in [6.45, 7) is 4.51. The van der Waals surface area contributed by atoms with Crippen LogP contribution in [0.2, 0.25) is 0 Å². The molecule has 1 aromatic carbocycles. The topological polar surface area (TPSA) is 87.7 Å². The number of ether oxygens (including phenoxy) is 1. The van der Waals surface area contributed by atoms with Gasteiger partial charge in [0.2, 0.25) is 0 Å². The second-order valence-electron chi connectivity index (χ2n) is 7.27. The molecule has 138 valence electrons. The summed E-state index contributed by atoms with van der Waals surface area (Å²) in [5.74, 6) is 0.607. The van der Waals surface area contributed by atoms with E-state index in [1.54, 1.807) is 12.1 Å². The molecule has 2 aliphatic heterocycles. The van der Waals surface area contributed by atoms with Crippen molar-refractivity contribution in [2.75, 3.05) is 50.5 Å². The number of likely N-dealkylation sites (N-methyl/N-ethyl adjacent to an activating group) is 1. The first-order chi connectivity index (χ1) is 12.6. The molecule has 1 spiro atoms. The summed E-state index contributed by atoms with van der Waals surface area (Å²) in [5, 5.41) is 18.4. The molecule has 0 atom stereocenters. The smallest absolute Gasteiger partial charge is 0.169 e. The van der Waals surface area contributed by atoms with E-state index in [1.165, 1.54) is 0 Å². The summed E-state index contributed by atoms with van der Waals surface area (Å²) in [7, 11) is 2.15. The molecule has 7 nitrogen and oxygen atoms in total. The third-order valence-corrected chi connectivity index (χ3v) is 5.44. The van der Waals surface area contributed by atoms with Crippen molar-refractivity contribution < 1.29 is 9.84 Å². The van der Waals surface area contributed by atoms with Gasteiger partial charge in [-0.15, -0.1) is 10.2 Å². The maximum absolute atomic E-state index is 10.1. The highest BCUT2D eigenvalue weighted by Crippen LogP contribution is 2.35. The molecule has 2 aliphatic rings. The molecule has 3 N–H and O–H groups in total. The lowest BCUT2D eigenvalue weighted by molar-refractivity contribution is -0.115. The summed E-state index contributed by atoms with van der Waals surface area (Å²) in [6.07, 6.45) is 1.93. The number of aromatic nitrogens is 2. The molecule has 0 unspecified atom stereocenters. The van der Waals surface area contributed by atoms with Crippen LogP contribution in [0.5, 0.6) is 5.75 Å². The molecule has 1 aromatic heterocycles. The normalized spacial score (nSPS) is 20.4. The standard InChI is InChI=1S/C19H25N5O2/c1-23-10-11-26-19(13-23)6-8-24(9-7-19)16-12-15(21-22-18(16)20)14-4-2-3-5-17(14)25/h2-5,12,25H,6-11,13H2,1H3,(H2,20,22). The van der Waals surface area contributed by atoms with Gasteiger partial charge in [0, 0.05) is 31.7 Å². The van der Waals surface area contributed by atoms with Crippen LogP contribution in [-0.4, -0.2) is 65.6 Å². The predicted octanol–water partition coefficient (Wildman–Crippen LogP) is 1.73. The van der Waals surface area contributed by atoms with Gasteiger partial charge in [-0.2, -0.15) is 0 Å². The molecule has 26 heavy (non-hydrogen) atoms. The van der Waals surface area contributed by atoms with E-state index in [9.17, 15) is 5.11 Å². The van der Waals surface area contributed by atoms with Crippen LogP contribution < -0.4 is 10.6 Å². The number of para-hydroxylation sites is 1. The molecule has 0 radical (unpaired) electrons. The Morgan fingerprint density at radius 3 is 2.65 bits per heavy atom. The van der Waals surface area contributed by atoms with Crippen LogP contribution in [0.3, 0.4) is 0 Å². The van der Waals surface area contributed by atoms with Crippen LogP contribution in [0.1, 0.15) is 12.8 Å². The number of nitrogens with zero attached hydrogens (tertiary/aromatic N) is 4. The van der Waals surface area contributed by atoms with Gasteiger partial charge in [0.1, 0.15) is 5.75 Å². The fraction of sp³-hybridized carbons (Fsp3) is 0.474. The Balaban J connectivity index is 1.55. The average molecular weight is 355 g/mol. The van der Waals surface area contributed by atoms with Crippen molar-refractivity contribution in [1.29, 1.82) is 0 Å². The summed E-state index contributed by atoms with van der Waals surface area (Å²) in [4.78, 5) is 4.59. The first-order valence-corrected chi connectivity index (χ1v) is 9.05. The van der Waals surface area contributed by atoms with Gasteiger partial charge >= 0.3 is 0 Å². The Morgan fingerprint density at radius 2 is 1.92 bits per heavy atom. The molecule has 0 amide bonds. The SMILES string of the molecule is CN1CCOC2(CCN(c3cc(-c4ccccc4O)nnc3N)CC2)C1. The van der Waals surface area contributed by atoms with Gasteiger partial charge in [0.25, 0.3) is 0 Å². The number of hydrogen-bond donors (Lipinski definition) is 2. The third kappa shape index (κ3) is 3.20. The average Bonchev–Trinajstić information content (AvgIpc) is 2.64. The van der Waals surface area contributed by atoms with E-state index in [-0.39, 0.29) is 11.4 Å². The highest BCUT2D eigenvalue weighted by atomic mass is 16.5. The number of hydrogen-bond acceptors (Lipinski definition) is 7. The Bertz CT molecular complexity index is 789. The minimum absolute atomic E-state index is 0.0424. The minimum Gasteiger partial charge on any atom is -0.507 e. The molecule has 0 bridgehead atoms. The molecule has 0 saturated carbocycles. The Morgan fingerprint density at radius 1 is 1.15 bits per heavy atom. The molecule has 7 heteroatoms. The fourth-order valence-electron chi connectivity index (χ4n) is 3.96. The lowest BCUT2D eigenvalue weighted by Gasteiger charge is -2.47. The molecule has 0 aliphatic carbocycles. The summed E-state index contributed by atoms with van der Waals surface area (Å²) in [5.41, 5.74) is 8.23. The maximum Gasteiger partial charge on any atom is 0.169 e. The summed E-state index contributed by atoms with van der Waals surface area (Å²) in [6, 6.07) is 9.05. The van der Waals surface area contributed by atoms with Gasteiger partial charge < -0.3 is 25.4 Å². The van der Waals surface area contributed by atoms with Crippen LogP contribution in [-0.2, 0) is 4.74 Å². The zero-order valence-corrected chi connectivity index (χ0v) is 15.1. The van der Waals surface area contributed by atoms with E-state index in [0.29, 0.717) is 17.1 Å². The van der Waals surface area contributed by atoms with Gasteiger partial charge in [-0.1, -0.05) is 12.1 Å². The number of nitrogens with two attached hydrogens (primary N) is 1. The number of phenolic OH excluding ortho intramolecular Hbond substituents is 1. The molecule has 2 fully saturated rings. The van der Waals surface area contributed by atoms with E-state index in [2.05, 4.69) is 27.0 Å². The van der Waals surface area contributed by atoms with Crippen molar-refractivity contribution in [3.8, 4) is 17.0 Å². The molecule has 2 saturated heterocycles. The Labute approximate surface area is 153 Å². The third-order valence-electron chi connectivity index (χ3n) is 5.44. The number of piperidine rings is 1. The highest BCUT2D eigenvalue weighted by molar-refractivity contribution is 5.74. The Hall–Kier alpha value is -2.38. The van der Waals surface area contributed by atoms with Crippen molar-refractivity contribution in [3.63, 3.8) is 0 Å². The van der Waals surface area contributed by atoms with Crippen LogP contribution >= 0.6 is 0 Å². The minimum atomic E-state index is -0.0424. The van der Waals surface area contributed by atoms with E-state index in [4.69, 9.17) is 10.5 Å². The van der Waals surface area contributed by atoms with Gasteiger partial charge in [-0.3, -0.25) is 0 Å². The van der Waals surface area contributed by atoms with Crippen molar-refractivity contribution in [2.24, 2.45) is 0 Å². The molecule has 2 aromatic rings. The first kappa shape index (κ1) is 17.1. The van der Waals surface area contributed by atoms with E-state index >= 15 is 0 Å². The molecule has 4 rings (SSSR count). The number of nitrogen functional groups attached to an aromatic ring is 1. The molecule has 3 heterocycles. The van der Waals surface area contributed by atoms with Crippen LogP contribution in [0.4, 0.5) is 11.5 Å².